The quantitative estimate of drug-likeness (QED) is 0.819. The topological polar surface area (TPSA) is 89.5 Å². The average Bonchev–Trinajstić information content (AvgIpc) is 3.09. The Kier molecular flexibility index (Phi) is 5.62. The van der Waals surface area contributed by atoms with E-state index in [9.17, 15) is 9.18 Å². The summed E-state index contributed by atoms with van der Waals surface area (Å²) >= 11 is 1.15. The Labute approximate surface area is 154 Å². The van der Waals surface area contributed by atoms with Crippen molar-refractivity contribution in [1.82, 2.24) is 19.9 Å². The Hall–Kier alpha value is -2.33. The molecule has 1 aliphatic heterocycles. The Morgan fingerprint density at radius 3 is 3.04 bits per heavy atom. The lowest BCUT2D eigenvalue weighted by molar-refractivity contribution is -0.114. The predicted molar refractivity (Wildman–Crippen MR) is 93.9 cm³/mol. The van der Waals surface area contributed by atoms with Crippen LogP contribution in [0.25, 0.3) is 0 Å². The van der Waals surface area contributed by atoms with Gasteiger partial charge in [0.25, 0.3) is 0 Å². The summed E-state index contributed by atoms with van der Waals surface area (Å²) in [5.41, 5.74) is 0. The molecular weight excluding hydrogens is 361 g/mol. The molecule has 8 nitrogen and oxygen atoms in total. The second kappa shape index (κ2) is 7.92. The molecule has 0 aromatic carbocycles. The SMILES string of the molecule is COc1ccnc(O[C@@H]2C[C@H](C)N(Cc3sc(NC(C)=O)nc3F)C2)n1. The molecule has 1 N–H and O–H groups in total. The van der Waals surface area contributed by atoms with Gasteiger partial charge in [0.15, 0.2) is 5.13 Å². The molecule has 26 heavy (non-hydrogen) atoms. The van der Waals surface area contributed by atoms with E-state index in [2.05, 4.69) is 32.1 Å². The summed E-state index contributed by atoms with van der Waals surface area (Å²) in [5.74, 6) is -0.381. The molecule has 3 heterocycles. The number of methoxy groups -OCH3 is 1. The van der Waals surface area contributed by atoms with Gasteiger partial charge in [0.05, 0.1) is 12.0 Å². The summed E-state index contributed by atoms with van der Waals surface area (Å²) in [4.78, 5) is 25.7. The summed E-state index contributed by atoms with van der Waals surface area (Å²) in [6.45, 7) is 4.45. The fraction of sp³-hybridized carbons (Fsp3) is 0.500. The Bertz CT molecular complexity index is 787. The van der Waals surface area contributed by atoms with E-state index in [0.29, 0.717) is 23.8 Å². The second-order valence-electron chi connectivity index (χ2n) is 6.05. The lowest BCUT2D eigenvalue weighted by atomic mass is 10.2. The number of halogens is 1. The molecule has 0 unspecified atom stereocenters. The van der Waals surface area contributed by atoms with E-state index in [1.807, 2.05) is 0 Å². The van der Waals surface area contributed by atoms with Crippen LogP contribution in [-0.2, 0) is 11.3 Å². The summed E-state index contributed by atoms with van der Waals surface area (Å²) in [6.07, 6.45) is 2.26. The Morgan fingerprint density at radius 2 is 2.31 bits per heavy atom. The third-order valence-electron chi connectivity index (χ3n) is 4.03. The molecule has 140 valence electrons. The summed E-state index contributed by atoms with van der Waals surface area (Å²) in [5, 5.41) is 2.78. The first kappa shape index (κ1) is 18.5. The number of carbonyl (C=O) groups excluding carboxylic acids is 1. The van der Waals surface area contributed by atoms with Crippen LogP contribution in [0.2, 0.25) is 0 Å². The van der Waals surface area contributed by atoms with Crippen LogP contribution >= 0.6 is 11.3 Å². The summed E-state index contributed by atoms with van der Waals surface area (Å²) < 4.78 is 24.9. The minimum atomic E-state index is -0.550. The minimum Gasteiger partial charge on any atom is -0.481 e. The maximum atomic E-state index is 14.0. The number of likely N-dealkylation sites (tertiary alicyclic amines) is 1. The monoisotopic (exact) mass is 381 g/mol. The fourth-order valence-corrected chi connectivity index (χ4v) is 3.73. The number of amides is 1. The molecule has 0 bridgehead atoms. The molecular formula is C16H20FN5O3S. The van der Waals surface area contributed by atoms with Crippen molar-refractivity contribution in [2.75, 3.05) is 19.0 Å². The molecule has 1 aliphatic rings. The maximum Gasteiger partial charge on any atom is 0.319 e. The molecule has 0 radical (unpaired) electrons. The van der Waals surface area contributed by atoms with Gasteiger partial charge in [0, 0.05) is 44.7 Å². The highest BCUT2D eigenvalue weighted by Gasteiger charge is 2.32. The third-order valence-corrected chi connectivity index (χ3v) is 4.96. The highest BCUT2D eigenvalue weighted by Crippen LogP contribution is 2.28. The normalized spacial score (nSPS) is 20.2. The number of hydrogen-bond donors (Lipinski definition) is 1. The maximum absolute atomic E-state index is 14.0. The largest absolute Gasteiger partial charge is 0.481 e. The Morgan fingerprint density at radius 1 is 1.50 bits per heavy atom. The molecule has 0 aliphatic carbocycles. The molecule has 0 spiro atoms. The third kappa shape index (κ3) is 4.44. The molecule has 1 amide bonds. The average molecular weight is 381 g/mol. The van der Waals surface area contributed by atoms with Crippen molar-refractivity contribution in [3.8, 4) is 11.9 Å². The predicted octanol–water partition coefficient (Wildman–Crippen LogP) is 2.08. The van der Waals surface area contributed by atoms with E-state index in [1.54, 1.807) is 12.3 Å². The molecule has 2 aromatic heterocycles. The molecule has 1 fully saturated rings. The number of rotatable bonds is 6. The number of thiazole rings is 1. The first-order valence-corrected chi connectivity index (χ1v) is 8.96. The lowest BCUT2D eigenvalue weighted by Gasteiger charge is -2.19. The van der Waals surface area contributed by atoms with Gasteiger partial charge in [0.1, 0.15) is 6.10 Å². The van der Waals surface area contributed by atoms with Crippen molar-refractivity contribution in [2.45, 2.75) is 39.0 Å². The van der Waals surface area contributed by atoms with Crippen LogP contribution in [0.3, 0.4) is 0 Å². The van der Waals surface area contributed by atoms with Crippen molar-refractivity contribution in [3.63, 3.8) is 0 Å². The highest BCUT2D eigenvalue weighted by atomic mass is 32.1. The van der Waals surface area contributed by atoms with E-state index >= 15 is 0 Å². The number of anilines is 1. The van der Waals surface area contributed by atoms with Gasteiger partial charge in [-0.05, 0) is 6.92 Å². The van der Waals surface area contributed by atoms with Crippen LogP contribution in [0, 0.1) is 5.95 Å². The van der Waals surface area contributed by atoms with Crippen LogP contribution in [0.5, 0.6) is 11.9 Å². The van der Waals surface area contributed by atoms with Crippen molar-refractivity contribution < 1.29 is 18.7 Å². The van der Waals surface area contributed by atoms with E-state index < -0.39 is 5.95 Å². The van der Waals surface area contributed by atoms with E-state index in [4.69, 9.17) is 9.47 Å². The minimum absolute atomic E-state index is 0.0945. The van der Waals surface area contributed by atoms with Gasteiger partial charge in [-0.25, -0.2) is 4.98 Å². The summed E-state index contributed by atoms with van der Waals surface area (Å²) in [6, 6.07) is 2.12. The lowest BCUT2D eigenvalue weighted by Crippen LogP contribution is -2.28. The second-order valence-corrected chi connectivity index (χ2v) is 7.13. The number of aromatic nitrogens is 3. The standard InChI is InChI=1S/C16H20FN5O3S/c1-9-6-11(25-15-18-5-4-13(20-15)24-3)7-22(9)8-12-14(17)21-16(26-12)19-10(2)23/h4-5,9,11H,6-8H2,1-3H3,(H,19,21,23)/t9-,11+/m0/s1. The van der Waals surface area contributed by atoms with E-state index in [1.165, 1.54) is 14.0 Å². The smallest absolute Gasteiger partial charge is 0.319 e. The first-order valence-electron chi connectivity index (χ1n) is 8.15. The zero-order valence-electron chi connectivity index (χ0n) is 14.7. The van der Waals surface area contributed by atoms with Gasteiger partial charge in [0.2, 0.25) is 17.7 Å². The molecule has 0 saturated carbocycles. The molecule has 2 aromatic rings. The van der Waals surface area contributed by atoms with Gasteiger partial charge in [-0.2, -0.15) is 14.4 Å². The van der Waals surface area contributed by atoms with Crippen LogP contribution in [0.4, 0.5) is 9.52 Å². The molecule has 10 heteroatoms. The van der Waals surface area contributed by atoms with Crippen molar-refractivity contribution in [1.29, 1.82) is 0 Å². The Balaban J connectivity index is 1.62. The highest BCUT2D eigenvalue weighted by molar-refractivity contribution is 7.15. The van der Waals surface area contributed by atoms with Gasteiger partial charge in [-0.15, -0.1) is 0 Å². The van der Waals surface area contributed by atoms with Gasteiger partial charge < -0.3 is 14.8 Å². The number of nitrogens with one attached hydrogen (secondary N) is 1. The number of ether oxygens (including phenoxy) is 2. The molecule has 2 atom stereocenters. The number of nitrogens with zero attached hydrogens (tertiary/aromatic N) is 4. The zero-order valence-corrected chi connectivity index (χ0v) is 15.5. The number of carbonyl (C=O) groups is 1. The fourth-order valence-electron chi connectivity index (χ4n) is 2.82. The van der Waals surface area contributed by atoms with Crippen molar-refractivity contribution >= 4 is 22.4 Å². The van der Waals surface area contributed by atoms with Crippen LogP contribution in [0.1, 0.15) is 25.1 Å². The van der Waals surface area contributed by atoms with E-state index in [0.717, 1.165) is 17.8 Å². The summed E-state index contributed by atoms with van der Waals surface area (Å²) in [7, 11) is 1.53. The van der Waals surface area contributed by atoms with E-state index in [-0.39, 0.29) is 29.2 Å². The zero-order chi connectivity index (χ0) is 18.7. The number of hydrogen-bond acceptors (Lipinski definition) is 8. The van der Waals surface area contributed by atoms with Crippen LogP contribution < -0.4 is 14.8 Å². The van der Waals surface area contributed by atoms with Crippen molar-refractivity contribution in [3.05, 3.63) is 23.1 Å². The van der Waals surface area contributed by atoms with Crippen LogP contribution in [0.15, 0.2) is 12.3 Å². The first-order chi connectivity index (χ1) is 12.4. The van der Waals surface area contributed by atoms with Gasteiger partial charge >= 0.3 is 6.01 Å². The van der Waals surface area contributed by atoms with Gasteiger partial charge in [-0.1, -0.05) is 11.3 Å². The van der Waals surface area contributed by atoms with Crippen molar-refractivity contribution in [2.24, 2.45) is 0 Å². The van der Waals surface area contributed by atoms with Crippen LogP contribution in [-0.4, -0.2) is 51.6 Å². The van der Waals surface area contributed by atoms with Gasteiger partial charge in [-0.3, -0.25) is 9.69 Å². The molecule has 3 rings (SSSR count). The molecule has 1 saturated heterocycles.